The zero-order valence-corrected chi connectivity index (χ0v) is 20.1. The van der Waals surface area contributed by atoms with Crippen molar-refractivity contribution in [3.05, 3.63) is 78.3 Å². The van der Waals surface area contributed by atoms with Gasteiger partial charge < -0.3 is 24.1 Å². The van der Waals surface area contributed by atoms with Crippen LogP contribution >= 0.6 is 0 Å². The van der Waals surface area contributed by atoms with Crippen LogP contribution in [-0.4, -0.2) is 40.7 Å². The second kappa shape index (κ2) is 13.8. The molecule has 0 aliphatic rings. The van der Waals surface area contributed by atoms with Crippen molar-refractivity contribution < 1.29 is 33.6 Å². The summed E-state index contributed by atoms with van der Waals surface area (Å²) in [6.45, 7) is 0.305. The lowest BCUT2D eigenvalue weighted by atomic mass is 10.1. The Morgan fingerprint density at radius 3 is 2.35 bits per heavy atom. The van der Waals surface area contributed by atoms with E-state index in [4.69, 9.17) is 24.1 Å². The molecule has 10 heteroatoms. The molecule has 0 spiro atoms. The van der Waals surface area contributed by atoms with Crippen molar-refractivity contribution in [3.63, 3.8) is 0 Å². The summed E-state index contributed by atoms with van der Waals surface area (Å²) in [5.74, 6) is -0.491. The SMILES string of the molecule is COC(=O)/C(=C/OCCCCCC(=O)O)c1ccccc1Oc1cc(Oc2ccccc2C#N)ncn1. The Labute approximate surface area is 213 Å². The van der Waals surface area contributed by atoms with Crippen LogP contribution in [0.25, 0.3) is 5.57 Å². The Hall–Kier alpha value is -4.91. The smallest absolute Gasteiger partial charge is 0.341 e. The molecule has 0 aliphatic heterocycles. The number of aromatic nitrogens is 2. The summed E-state index contributed by atoms with van der Waals surface area (Å²) in [4.78, 5) is 31.3. The van der Waals surface area contributed by atoms with Crippen LogP contribution in [0, 0.1) is 11.3 Å². The second-order valence-corrected chi connectivity index (χ2v) is 7.60. The van der Waals surface area contributed by atoms with E-state index in [2.05, 4.69) is 16.0 Å². The van der Waals surface area contributed by atoms with Crippen molar-refractivity contribution in [2.45, 2.75) is 25.7 Å². The molecule has 0 saturated carbocycles. The number of nitrogens with zero attached hydrogens (tertiary/aromatic N) is 3. The molecule has 0 amide bonds. The molecule has 0 atom stereocenters. The van der Waals surface area contributed by atoms with E-state index in [0.717, 1.165) is 0 Å². The van der Waals surface area contributed by atoms with Gasteiger partial charge in [0.15, 0.2) is 0 Å². The van der Waals surface area contributed by atoms with E-state index in [9.17, 15) is 14.9 Å². The summed E-state index contributed by atoms with van der Waals surface area (Å²) in [6.07, 6.45) is 4.54. The zero-order valence-electron chi connectivity index (χ0n) is 20.1. The van der Waals surface area contributed by atoms with E-state index in [1.54, 1.807) is 48.5 Å². The molecule has 0 radical (unpaired) electrons. The lowest BCUT2D eigenvalue weighted by Crippen LogP contribution is -2.06. The fourth-order valence-electron chi connectivity index (χ4n) is 3.20. The third-order valence-electron chi connectivity index (χ3n) is 4.99. The van der Waals surface area contributed by atoms with Crippen molar-refractivity contribution in [3.8, 4) is 29.3 Å². The number of hydrogen-bond acceptors (Lipinski definition) is 9. The highest BCUT2D eigenvalue weighted by Gasteiger charge is 2.19. The third kappa shape index (κ3) is 8.07. The Kier molecular flexibility index (Phi) is 9.99. The molecule has 1 N–H and O–H groups in total. The number of unbranched alkanes of at least 4 members (excludes halogenated alkanes) is 2. The fourth-order valence-corrected chi connectivity index (χ4v) is 3.20. The molecule has 0 unspecified atom stereocenters. The highest BCUT2D eigenvalue weighted by atomic mass is 16.5. The van der Waals surface area contributed by atoms with E-state index in [-0.39, 0.29) is 23.8 Å². The van der Waals surface area contributed by atoms with Gasteiger partial charge in [-0.15, -0.1) is 0 Å². The van der Waals surface area contributed by atoms with E-state index in [1.807, 2.05) is 0 Å². The van der Waals surface area contributed by atoms with E-state index >= 15 is 0 Å². The van der Waals surface area contributed by atoms with Crippen molar-refractivity contribution >= 4 is 17.5 Å². The molecule has 10 nitrogen and oxygen atoms in total. The van der Waals surface area contributed by atoms with Crippen molar-refractivity contribution in [2.75, 3.05) is 13.7 Å². The second-order valence-electron chi connectivity index (χ2n) is 7.60. The summed E-state index contributed by atoms with van der Waals surface area (Å²) >= 11 is 0. The predicted octanol–water partition coefficient (Wildman–Crippen LogP) is 5.11. The maximum absolute atomic E-state index is 12.5. The number of hydrogen-bond donors (Lipinski definition) is 1. The molecule has 0 bridgehead atoms. The number of aliphatic carboxylic acids is 1. The molecule has 3 rings (SSSR count). The Bertz CT molecular complexity index is 1300. The van der Waals surface area contributed by atoms with Gasteiger partial charge in [0, 0.05) is 12.0 Å². The molecular formula is C27H25N3O7. The largest absolute Gasteiger partial charge is 0.500 e. The quantitative estimate of drug-likeness (QED) is 0.145. The van der Waals surface area contributed by atoms with Crippen LogP contribution in [0.4, 0.5) is 0 Å². The van der Waals surface area contributed by atoms with Crippen LogP contribution in [0.15, 0.2) is 67.2 Å². The normalized spacial score (nSPS) is 10.8. The zero-order chi connectivity index (χ0) is 26.5. The maximum Gasteiger partial charge on any atom is 0.341 e. The number of carboxylic acid groups (broad SMARTS) is 1. The molecule has 0 fully saturated rings. The van der Waals surface area contributed by atoms with Crippen LogP contribution < -0.4 is 9.47 Å². The van der Waals surface area contributed by atoms with Gasteiger partial charge >= 0.3 is 11.9 Å². The fraction of sp³-hybridized carbons (Fsp3) is 0.222. The topological polar surface area (TPSA) is 141 Å². The molecule has 190 valence electrons. The Morgan fingerprint density at radius 1 is 0.973 bits per heavy atom. The van der Waals surface area contributed by atoms with Crippen molar-refractivity contribution in [1.82, 2.24) is 9.97 Å². The van der Waals surface area contributed by atoms with Crippen LogP contribution in [0.3, 0.4) is 0 Å². The number of carbonyl (C=O) groups is 2. The van der Waals surface area contributed by atoms with Gasteiger partial charge in [0.25, 0.3) is 0 Å². The Morgan fingerprint density at radius 2 is 1.65 bits per heavy atom. The molecule has 37 heavy (non-hydrogen) atoms. The number of esters is 1. The number of nitriles is 1. The van der Waals surface area contributed by atoms with Gasteiger partial charge in [0.05, 0.1) is 31.6 Å². The summed E-state index contributed by atoms with van der Waals surface area (Å²) in [6, 6.07) is 17.1. The summed E-state index contributed by atoms with van der Waals surface area (Å²) in [5.41, 5.74) is 0.900. The first-order valence-electron chi connectivity index (χ1n) is 11.4. The number of ether oxygens (including phenoxy) is 4. The number of benzene rings is 2. The lowest BCUT2D eigenvalue weighted by molar-refractivity contribution is -0.137. The van der Waals surface area contributed by atoms with Crippen LogP contribution in [0.1, 0.15) is 36.8 Å². The maximum atomic E-state index is 12.5. The number of methoxy groups -OCH3 is 1. The lowest BCUT2D eigenvalue weighted by Gasteiger charge is -2.13. The average molecular weight is 504 g/mol. The minimum Gasteiger partial charge on any atom is -0.500 e. The summed E-state index contributed by atoms with van der Waals surface area (Å²) in [5, 5.41) is 18.0. The molecular weight excluding hydrogens is 478 g/mol. The molecule has 3 aromatic rings. The van der Waals surface area contributed by atoms with Gasteiger partial charge in [-0.05, 0) is 37.5 Å². The number of carbonyl (C=O) groups excluding carboxylic acids is 1. The first kappa shape index (κ1) is 26.7. The highest BCUT2D eigenvalue weighted by Crippen LogP contribution is 2.32. The van der Waals surface area contributed by atoms with E-state index in [1.165, 1.54) is 25.8 Å². The monoisotopic (exact) mass is 503 g/mol. The molecule has 2 aromatic carbocycles. The molecule has 0 saturated heterocycles. The van der Waals surface area contributed by atoms with Gasteiger partial charge in [-0.1, -0.05) is 30.3 Å². The van der Waals surface area contributed by atoms with Crippen LogP contribution in [-0.2, 0) is 19.1 Å². The number of para-hydroxylation sites is 2. The van der Waals surface area contributed by atoms with Gasteiger partial charge in [0.1, 0.15) is 29.5 Å². The molecule has 1 heterocycles. The summed E-state index contributed by atoms with van der Waals surface area (Å²) in [7, 11) is 1.26. The molecule has 0 aliphatic carbocycles. The predicted molar refractivity (Wildman–Crippen MR) is 132 cm³/mol. The van der Waals surface area contributed by atoms with Gasteiger partial charge in [0.2, 0.25) is 11.8 Å². The minimum absolute atomic E-state index is 0.106. The Balaban J connectivity index is 1.75. The van der Waals surface area contributed by atoms with Crippen LogP contribution in [0.5, 0.6) is 23.3 Å². The van der Waals surface area contributed by atoms with Gasteiger partial charge in [-0.2, -0.15) is 5.26 Å². The van der Waals surface area contributed by atoms with E-state index < -0.39 is 11.9 Å². The first-order valence-corrected chi connectivity index (χ1v) is 11.4. The van der Waals surface area contributed by atoms with Gasteiger partial charge in [-0.3, -0.25) is 4.79 Å². The molecule has 1 aromatic heterocycles. The van der Waals surface area contributed by atoms with Crippen molar-refractivity contribution in [2.24, 2.45) is 0 Å². The van der Waals surface area contributed by atoms with E-state index in [0.29, 0.717) is 48.5 Å². The average Bonchev–Trinajstić information content (AvgIpc) is 2.91. The first-order chi connectivity index (χ1) is 18.0. The minimum atomic E-state index is -0.834. The highest BCUT2D eigenvalue weighted by molar-refractivity contribution is 6.17. The van der Waals surface area contributed by atoms with Gasteiger partial charge in [-0.25, -0.2) is 14.8 Å². The number of carboxylic acids is 1. The van der Waals surface area contributed by atoms with Crippen LogP contribution in [0.2, 0.25) is 0 Å². The standard InChI is InChI=1S/C27H25N3O7/c1-34-27(33)21(17-35-14-8-2-3-13-26(31)32)20-10-5-7-12-23(20)37-25-15-24(29-18-30-25)36-22-11-6-4-9-19(22)16-28/h4-7,9-12,15,17-18H,2-3,8,13-14H2,1H3,(H,31,32)/b21-17+. The van der Waals surface area contributed by atoms with Crippen molar-refractivity contribution in [1.29, 1.82) is 5.26 Å². The third-order valence-corrected chi connectivity index (χ3v) is 4.99. The summed E-state index contributed by atoms with van der Waals surface area (Å²) < 4.78 is 22.1. The number of rotatable bonds is 13.